The fourth-order valence-corrected chi connectivity index (χ4v) is 1.83. The molecule has 0 atom stereocenters. The zero-order valence-electron chi connectivity index (χ0n) is 8.25. The molecule has 0 amide bonds. The normalized spacial score (nSPS) is 10.4. The standard InChI is InChI=1S/C13H13N/c1-3-10-7-9(2)13-11(8-10)5-4-6-12(13)14/h3-8H,1,14H2,2H3. The topological polar surface area (TPSA) is 26.0 Å². The highest BCUT2D eigenvalue weighted by molar-refractivity contribution is 5.96. The van der Waals surface area contributed by atoms with E-state index in [1.165, 1.54) is 10.9 Å². The van der Waals surface area contributed by atoms with Crippen LogP contribution in [0.25, 0.3) is 16.8 Å². The quantitative estimate of drug-likeness (QED) is 0.674. The summed E-state index contributed by atoms with van der Waals surface area (Å²) in [6.45, 7) is 5.85. The molecule has 0 aliphatic heterocycles. The second-order valence-corrected chi connectivity index (χ2v) is 3.49. The van der Waals surface area contributed by atoms with E-state index >= 15 is 0 Å². The molecule has 0 unspecified atom stereocenters. The van der Waals surface area contributed by atoms with Crippen molar-refractivity contribution in [3.63, 3.8) is 0 Å². The van der Waals surface area contributed by atoms with Crippen LogP contribution in [0.15, 0.2) is 36.9 Å². The van der Waals surface area contributed by atoms with Crippen LogP contribution in [-0.4, -0.2) is 0 Å². The molecule has 0 spiro atoms. The van der Waals surface area contributed by atoms with Gasteiger partial charge in [0.15, 0.2) is 0 Å². The summed E-state index contributed by atoms with van der Waals surface area (Å²) in [5.74, 6) is 0. The first-order valence-corrected chi connectivity index (χ1v) is 4.63. The largest absolute Gasteiger partial charge is 0.398 e. The number of hydrogen-bond acceptors (Lipinski definition) is 1. The molecule has 0 fully saturated rings. The third-order valence-corrected chi connectivity index (χ3v) is 2.46. The Morgan fingerprint density at radius 1 is 1.29 bits per heavy atom. The number of aryl methyl sites for hydroxylation is 1. The number of anilines is 1. The minimum absolute atomic E-state index is 0.843. The lowest BCUT2D eigenvalue weighted by Gasteiger charge is -2.06. The minimum Gasteiger partial charge on any atom is -0.398 e. The Balaban J connectivity index is 2.89. The number of nitrogens with two attached hydrogens (primary N) is 1. The van der Waals surface area contributed by atoms with Crippen LogP contribution in [0.4, 0.5) is 5.69 Å². The second-order valence-electron chi connectivity index (χ2n) is 3.49. The van der Waals surface area contributed by atoms with Crippen molar-refractivity contribution < 1.29 is 0 Å². The van der Waals surface area contributed by atoms with Crippen molar-refractivity contribution in [1.82, 2.24) is 0 Å². The summed E-state index contributed by atoms with van der Waals surface area (Å²) in [5, 5.41) is 2.33. The maximum absolute atomic E-state index is 5.92. The number of fused-ring (bicyclic) bond motifs is 1. The molecule has 1 heteroatoms. The summed E-state index contributed by atoms with van der Waals surface area (Å²) in [5.41, 5.74) is 9.11. The molecule has 2 N–H and O–H groups in total. The first-order valence-electron chi connectivity index (χ1n) is 4.63. The van der Waals surface area contributed by atoms with Gasteiger partial charge in [0.2, 0.25) is 0 Å². The summed E-state index contributed by atoms with van der Waals surface area (Å²) in [6, 6.07) is 10.2. The number of nitrogen functional groups attached to an aromatic ring is 1. The van der Waals surface area contributed by atoms with Gasteiger partial charge in [0.05, 0.1) is 0 Å². The van der Waals surface area contributed by atoms with Gasteiger partial charge in [0.25, 0.3) is 0 Å². The highest BCUT2D eigenvalue weighted by atomic mass is 14.5. The van der Waals surface area contributed by atoms with Gasteiger partial charge in [0.1, 0.15) is 0 Å². The molecule has 0 aliphatic carbocycles. The monoisotopic (exact) mass is 183 g/mol. The van der Waals surface area contributed by atoms with Gasteiger partial charge in [-0.05, 0) is 35.6 Å². The number of benzene rings is 2. The van der Waals surface area contributed by atoms with Crippen molar-refractivity contribution in [2.75, 3.05) is 5.73 Å². The summed E-state index contributed by atoms with van der Waals surface area (Å²) in [4.78, 5) is 0. The third kappa shape index (κ3) is 1.27. The van der Waals surface area contributed by atoms with Crippen molar-refractivity contribution in [3.8, 4) is 0 Å². The average Bonchev–Trinajstić information content (AvgIpc) is 2.17. The van der Waals surface area contributed by atoms with Gasteiger partial charge in [-0.3, -0.25) is 0 Å². The maximum Gasteiger partial charge on any atom is 0.0396 e. The molecule has 1 nitrogen and oxygen atoms in total. The van der Waals surface area contributed by atoms with Crippen LogP contribution in [0.1, 0.15) is 11.1 Å². The summed E-state index contributed by atoms with van der Waals surface area (Å²) >= 11 is 0. The van der Waals surface area contributed by atoms with Crippen LogP contribution in [0.2, 0.25) is 0 Å². The van der Waals surface area contributed by atoms with Gasteiger partial charge in [-0.25, -0.2) is 0 Å². The van der Waals surface area contributed by atoms with Gasteiger partial charge in [-0.1, -0.05) is 30.9 Å². The Morgan fingerprint density at radius 3 is 2.79 bits per heavy atom. The van der Waals surface area contributed by atoms with Crippen LogP contribution >= 0.6 is 0 Å². The van der Waals surface area contributed by atoms with Crippen LogP contribution in [0.3, 0.4) is 0 Å². The molecule has 0 bridgehead atoms. The molecule has 2 rings (SSSR count). The van der Waals surface area contributed by atoms with Crippen LogP contribution in [-0.2, 0) is 0 Å². The predicted octanol–water partition coefficient (Wildman–Crippen LogP) is 3.37. The molecular weight excluding hydrogens is 170 g/mol. The molecule has 0 saturated heterocycles. The number of rotatable bonds is 1. The lowest BCUT2D eigenvalue weighted by molar-refractivity contribution is 1.51. The predicted molar refractivity (Wildman–Crippen MR) is 63.2 cm³/mol. The molecule has 0 heterocycles. The zero-order chi connectivity index (χ0) is 10.1. The molecule has 2 aromatic carbocycles. The van der Waals surface area contributed by atoms with Crippen molar-refractivity contribution in [3.05, 3.63) is 48.0 Å². The molecular formula is C13H13N. The van der Waals surface area contributed by atoms with Gasteiger partial charge in [-0.15, -0.1) is 0 Å². The van der Waals surface area contributed by atoms with E-state index in [-0.39, 0.29) is 0 Å². The lowest BCUT2D eigenvalue weighted by Crippen LogP contribution is -1.89. The van der Waals surface area contributed by atoms with E-state index in [0.717, 1.165) is 16.6 Å². The Bertz CT molecular complexity index is 498. The maximum atomic E-state index is 5.92. The SMILES string of the molecule is C=Cc1cc(C)c2c(N)cccc2c1. The van der Waals surface area contributed by atoms with Gasteiger partial charge >= 0.3 is 0 Å². The van der Waals surface area contributed by atoms with Crippen LogP contribution in [0, 0.1) is 6.92 Å². The highest BCUT2D eigenvalue weighted by Crippen LogP contribution is 2.26. The first-order chi connectivity index (χ1) is 6.72. The van der Waals surface area contributed by atoms with E-state index in [1.54, 1.807) is 0 Å². The van der Waals surface area contributed by atoms with E-state index in [1.807, 2.05) is 18.2 Å². The zero-order valence-corrected chi connectivity index (χ0v) is 8.25. The summed E-state index contributed by atoms with van der Waals surface area (Å²) < 4.78 is 0. The fourth-order valence-electron chi connectivity index (χ4n) is 1.83. The second kappa shape index (κ2) is 3.18. The smallest absolute Gasteiger partial charge is 0.0396 e. The fraction of sp³-hybridized carbons (Fsp3) is 0.0769. The molecule has 70 valence electrons. The molecule has 2 aromatic rings. The minimum atomic E-state index is 0.843. The molecule has 14 heavy (non-hydrogen) atoms. The van der Waals surface area contributed by atoms with Crippen molar-refractivity contribution >= 4 is 22.5 Å². The average molecular weight is 183 g/mol. The number of hydrogen-bond donors (Lipinski definition) is 1. The lowest BCUT2D eigenvalue weighted by atomic mass is 10.0. The highest BCUT2D eigenvalue weighted by Gasteiger charge is 2.01. The Morgan fingerprint density at radius 2 is 2.07 bits per heavy atom. The van der Waals surface area contributed by atoms with E-state index in [0.29, 0.717) is 0 Å². The summed E-state index contributed by atoms with van der Waals surface area (Å²) in [7, 11) is 0. The van der Waals surface area contributed by atoms with E-state index in [4.69, 9.17) is 5.73 Å². The molecule has 0 saturated carbocycles. The first kappa shape index (κ1) is 8.82. The molecule has 0 aliphatic rings. The van der Waals surface area contributed by atoms with Gasteiger partial charge < -0.3 is 5.73 Å². The Hall–Kier alpha value is -1.76. The van der Waals surface area contributed by atoms with Crippen molar-refractivity contribution in [2.45, 2.75) is 6.92 Å². The van der Waals surface area contributed by atoms with E-state index in [2.05, 4.69) is 31.7 Å². The Kier molecular flexibility index (Phi) is 2.01. The molecule has 0 aromatic heterocycles. The van der Waals surface area contributed by atoms with Gasteiger partial charge in [0, 0.05) is 11.1 Å². The van der Waals surface area contributed by atoms with Crippen molar-refractivity contribution in [2.24, 2.45) is 0 Å². The third-order valence-electron chi connectivity index (χ3n) is 2.46. The van der Waals surface area contributed by atoms with E-state index < -0.39 is 0 Å². The molecule has 0 radical (unpaired) electrons. The summed E-state index contributed by atoms with van der Waals surface area (Å²) in [6.07, 6.45) is 1.86. The van der Waals surface area contributed by atoms with Crippen LogP contribution < -0.4 is 5.73 Å². The van der Waals surface area contributed by atoms with Gasteiger partial charge in [-0.2, -0.15) is 0 Å². The Labute approximate surface area is 83.9 Å². The van der Waals surface area contributed by atoms with E-state index in [9.17, 15) is 0 Å². The van der Waals surface area contributed by atoms with Crippen LogP contribution in [0.5, 0.6) is 0 Å². The van der Waals surface area contributed by atoms with Crippen molar-refractivity contribution in [1.29, 1.82) is 0 Å².